The number of methoxy groups -OCH3 is 1. The number of hydrogen-bond donors (Lipinski definition) is 1. The van der Waals surface area contributed by atoms with Crippen molar-refractivity contribution in [3.05, 3.63) is 35.9 Å². The van der Waals surface area contributed by atoms with Crippen molar-refractivity contribution < 1.29 is 23.8 Å². The number of benzene rings is 1. The quantitative estimate of drug-likeness (QED) is 0.719. The first kappa shape index (κ1) is 20.4. The molecule has 0 spiro atoms. The summed E-state index contributed by atoms with van der Waals surface area (Å²) in [5.74, 6) is -0.818. The van der Waals surface area contributed by atoms with E-state index in [-0.39, 0.29) is 18.6 Å². The fourth-order valence-electron chi connectivity index (χ4n) is 3.11. The molecule has 2 rings (SSSR count). The van der Waals surface area contributed by atoms with Gasteiger partial charge in [0.25, 0.3) is 5.91 Å². The van der Waals surface area contributed by atoms with Crippen molar-refractivity contribution in [3.8, 4) is 0 Å². The van der Waals surface area contributed by atoms with Gasteiger partial charge in [0.2, 0.25) is 0 Å². The first-order valence-electron chi connectivity index (χ1n) is 9.21. The molecule has 0 radical (unpaired) electrons. The number of hydrogen-bond acceptors (Lipinski definition) is 5. The molecule has 0 saturated carbocycles. The summed E-state index contributed by atoms with van der Waals surface area (Å²) >= 11 is 0. The highest BCUT2D eigenvalue weighted by Crippen LogP contribution is 2.25. The lowest BCUT2D eigenvalue weighted by Crippen LogP contribution is -2.52. The lowest BCUT2D eigenvalue weighted by atomic mass is 9.93. The minimum Gasteiger partial charge on any atom is -0.464 e. The minimum absolute atomic E-state index is 0.0519. The van der Waals surface area contributed by atoms with Gasteiger partial charge in [-0.3, -0.25) is 4.79 Å². The largest absolute Gasteiger partial charge is 0.464 e. The molecule has 1 fully saturated rings. The highest BCUT2D eigenvalue weighted by atomic mass is 16.5. The molecule has 0 aliphatic carbocycles. The monoisotopic (exact) mass is 363 g/mol. The van der Waals surface area contributed by atoms with Crippen molar-refractivity contribution in [3.63, 3.8) is 0 Å². The van der Waals surface area contributed by atoms with Gasteiger partial charge in [0.15, 0.2) is 5.60 Å². The van der Waals surface area contributed by atoms with E-state index in [2.05, 4.69) is 5.32 Å². The van der Waals surface area contributed by atoms with E-state index >= 15 is 0 Å². The van der Waals surface area contributed by atoms with Crippen LogP contribution < -0.4 is 5.32 Å². The summed E-state index contributed by atoms with van der Waals surface area (Å²) in [6, 6.07) is 8.46. The van der Waals surface area contributed by atoms with E-state index in [1.54, 1.807) is 13.8 Å². The number of nitrogens with one attached hydrogen (secondary N) is 1. The summed E-state index contributed by atoms with van der Waals surface area (Å²) < 4.78 is 16.4. The molecule has 1 aliphatic rings. The van der Waals surface area contributed by atoms with Crippen molar-refractivity contribution in [2.75, 3.05) is 20.3 Å². The molecule has 26 heavy (non-hydrogen) atoms. The highest BCUT2D eigenvalue weighted by Gasteiger charge is 2.38. The number of ether oxygens (including phenoxy) is 3. The minimum atomic E-state index is -1.20. The fraction of sp³-hybridized carbons (Fsp3) is 0.600. The van der Waals surface area contributed by atoms with E-state index in [0.29, 0.717) is 13.0 Å². The van der Waals surface area contributed by atoms with Crippen LogP contribution in [0.2, 0.25) is 0 Å². The Balaban J connectivity index is 2.14. The lowest BCUT2D eigenvalue weighted by molar-refractivity contribution is -0.153. The van der Waals surface area contributed by atoms with Crippen LogP contribution in [0.25, 0.3) is 0 Å². The van der Waals surface area contributed by atoms with Crippen molar-refractivity contribution in [1.82, 2.24) is 5.32 Å². The maximum atomic E-state index is 13.0. The number of esters is 1. The summed E-state index contributed by atoms with van der Waals surface area (Å²) in [5, 5.41) is 2.82. The smallest absolute Gasteiger partial charge is 0.328 e. The van der Waals surface area contributed by atoms with Gasteiger partial charge < -0.3 is 19.5 Å². The van der Waals surface area contributed by atoms with Crippen LogP contribution in [0.1, 0.15) is 45.1 Å². The molecule has 0 aromatic heterocycles. The number of rotatable bonds is 8. The standard InChI is InChI=1S/C20H29NO5/c1-4-25-18(22)17(14-16-12-8-9-13-26-16)21-19(23)20(2,24-3)15-10-6-5-7-11-15/h5-7,10-11,16-17H,4,8-9,12-14H2,1-3H3,(H,21,23). The maximum Gasteiger partial charge on any atom is 0.328 e. The predicted octanol–water partition coefficient (Wildman–Crippen LogP) is 2.56. The maximum absolute atomic E-state index is 13.0. The molecule has 1 aromatic rings. The van der Waals surface area contributed by atoms with Crippen LogP contribution >= 0.6 is 0 Å². The Morgan fingerprint density at radius 2 is 2.04 bits per heavy atom. The molecule has 144 valence electrons. The summed E-state index contributed by atoms with van der Waals surface area (Å²) in [5.41, 5.74) is -0.476. The number of amides is 1. The predicted molar refractivity (Wildman–Crippen MR) is 97.6 cm³/mol. The van der Waals surface area contributed by atoms with E-state index in [1.807, 2.05) is 30.3 Å². The van der Waals surface area contributed by atoms with Crippen LogP contribution in [-0.4, -0.2) is 44.3 Å². The number of carbonyl (C=O) groups is 2. The Morgan fingerprint density at radius 1 is 1.31 bits per heavy atom. The Hall–Kier alpha value is -1.92. The van der Waals surface area contributed by atoms with Gasteiger partial charge in [-0.2, -0.15) is 0 Å². The molecule has 0 bridgehead atoms. The Kier molecular flexibility index (Phi) is 7.60. The van der Waals surface area contributed by atoms with Crippen molar-refractivity contribution in [2.24, 2.45) is 0 Å². The van der Waals surface area contributed by atoms with E-state index in [4.69, 9.17) is 14.2 Å². The zero-order chi connectivity index (χ0) is 19.0. The van der Waals surface area contributed by atoms with Crippen LogP contribution in [0.3, 0.4) is 0 Å². The van der Waals surface area contributed by atoms with Gasteiger partial charge in [0.1, 0.15) is 6.04 Å². The molecule has 3 unspecified atom stereocenters. The first-order valence-corrected chi connectivity index (χ1v) is 9.21. The normalized spacial score (nSPS) is 20.7. The average Bonchev–Trinajstić information content (AvgIpc) is 2.68. The van der Waals surface area contributed by atoms with Gasteiger partial charge in [-0.05, 0) is 38.7 Å². The summed E-state index contributed by atoms with van der Waals surface area (Å²) in [7, 11) is 1.48. The summed E-state index contributed by atoms with van der Waals surface area (Å²) in [6.45, 7) is 4.39. The third-order valence-corrected chi connectivity index (χ3v) is 4.82. The van der Waals surface area contributed by atoms with E-state index in [0.717, 1.165) is 24.8 Å². The van der Waals surface area contributed by atoms with Gasteiger partial charge >= 0.3 is 5.97 Å². The molecular weight excluding hydrogens is 334 g/mol. The second kappa shape index (κ2) is 9.69. The second-order valence-electron chi connectivity index (χ2n) is 6.61. The van der Waals surface area contributed by atoms with E-state index in [1.165, 1.54) is 7.11 Å². The Morgan fingerprint density at radius 3 is 2.62 bits per heavy atom. The zero-order valence-corrected chi connectivity index (χ0v) is 15.8. The van der Waals surface area contributed by atoms with Gasteiger partial charge in [0.05, 0.1) is 12.7 Å². The van der Waals surface area contributed by atoms with Gasteiger partial charge in [0, 0.05) is 20.1 Å². The molecule has 1 aromatic carbocycles. The summed E-state index contributed by atoms with van der Waals surface area (Å²) in [4.78, 5) is 25.3. The molecule has 1 amide bonds. The van der Waals surface area contributed by atoms with Crippen molar-refractivity contribution in [2.45, 2.75) is 57.3 Å². The molecule has 3 atom stereocenters. The first-order chi connectivity index (χ1) is 12.5. The molecule has 6 nitrogen and oxygen atoms in total. The van der Waals surface area contributed by atoms with Gasteiger partial charge in [-0.15, -0.1) is 0 Å². The van der Waals surface area contributed by atoms with E-state index < -0.39 is 17.6 Å². The molecule has 1 heterocycles. The SMILES string of the molecule is CCOC(=O)C(CC1CCCCO1)NC(=O)C(C)(OC)c1ccccc1. The fourth-order valence-corrected chi connectivity index (χ4v) is 3.11. The third kappa shape index (κ3) is 5.05. The van der Waals surface area contributed by atoms with Crippen LogP contribution in [0.4, 0.5) is 0 Å². The average molecular weight is 363 g/mol. The number of carbonyl (C=O) groups excluding carboxylic acids is 2. The second-order valence-corrected chi connectivity index (χ2v) is 6.61. The van der Waals surface area contributed by atoms with Crippen LogP contribution in [-0.2, 0) is 29.4 Å². The molecule has 1 aliphatic heterocycles. The Labute approximate surface area is 155 Å². The van der Waals surface area contributed by atoms with E-state index in [9.17, 15) is 9.59 Å². The van der Waals surface area contributed by atoms with Crippen LogP contribution in [0.5, 0.6) is 0 Å². The van der Waals surface area contributed by atoms with Gasteiger partial charge in [-0.25, -0.2) is 4.79 Å². The van der Waals surface area contributed by atoms with Crippen LogP contribution in [0.15, 0.2) is 30.3 Å². The van der Waals surface area contributed by atoms with Gasteiger partial charge in [-0.1, -0.05) is 30.3 Å². The highest BCUT2D eigenvalue weighted by molar-refractivity contribution is 5.90. The lowest BCUT2D eigenvalue weighted by Gasteiger charge is -2.31. The third-order valence-electron chi connectivity index (χ3n) is 4.82. The van der Waals surface area contributed by atoms with Crippen molar-refractivity contribution >= 4 is 11.9 Å². The molecule has 6 heteroatoms. The molecular formula is C20H29NO5. The van der Waals surface area contributed by atoms with Crippen LogP contribution in [0, 0.1) is 0 Å². The molecule has 1 saturated heterocycles. The van der Waals surface area contributed by atoms with Crippen molar-refractivity contribution in [1.29, 1.82) is 0 Å². The topological polar surface area (TPSA) is 73.9 Å². The summed E-state index contributed by atoms with van der Waals surface area (Å²) in [6.07, 6.45) is 3.32. The molecule has 1 N–H and O–H groups in total. The zero-order valence-electron chi connectivity index (χ0n) is 15.8. The Bertz CT molecular complexity index is 585.